The van der Waals surface area contributed by atoms with E-state index < -0.39 is 0 Å². The van der Waals surface area contributed by atoms with Gasteiger partial charge in [0.25, 0.3) is 5.95 Å². The minimum absolute atomic E-state index is 0.0340. The Balaban J connectivity index is 2.02. The molecule has 3 rings (SSSR count). The maximum atomic E-state index is 5.74. The molecule has 7 heteroatoms. The molecule has 1 aromatic carbocycles. The Hall–Kier alpha value is -1.98. The Kier molecular flexibility index (Phi) is 3.15. The zero-order chi connectivity index (χ0) is 13.2. The molecule has 0 aliphatic carbocycles. The van der Waals surface area contributed by atoms with Gasteiger partial charge in [0, 0.05) is 11.8 Å². The summed E-state index contributed by atoms with van der Waals surface area (Å²) in [4.78, 5) is 11.6. The summed E-state index contributed by atoms with van der Waals surface area (Å²) in [6.07, 6.45) is 3.53. The van der Waals surface area contributed by atoms with Gasteiger partial charge in [-0.15, -0.1) is 0 Å². The van der Waals surface area contributed by atoms with Crippen LogP contribution in [0.1, 0.15) is 0 Å². The van der Waals surface area contributed by atoms with E-state index in [0.717, 1.165) is 11.1 Å². The van der Waals surface area contributed by atoms with Crippen molar-refractivity contribution in [2.45, 2.75) is 0 Å². The van der Waals surface area contributed by atoms with Crippen molar-refractivity contribution >= 4 is 23.2 Å². The fraction of sp³-hybridized carbons (Fsp3) is 0. The predicted molar refractivity (Wildman–Crippen MR) is 72.4 cm³/mol. The van der Waals surface area contributed by atoms with Crippen LogP contribution in [-0.4, -0.2) is 24.7 Å². The molecule has 0 radical (unpaired) electrons. The zero-order valence-electron chi connectivity index (χ0n) is 9.53. The highest BCUT2D eigenvalue weighted by Crippen LogP contribution is 2.19. The van der Waals surface area contributed by atoms with E-state index in [-0.39, 0.29) is 16.5 Å². The van der Waals surface area contributed by atoms with Crippen LogP contribution < -0.4 is 0 Å². The van der Waals surface area contributed by atoms with Gasteiger partial charge in [-0.1, -0.05) is 30.3 Å². The van der Waals surface area contributed by atoms with Gasteiger partial charge in [-0.25, -0.2) is 4.68 Å². The molecule has 0 spiro atoms. The topological polar surface area (TPSA) is 56.5 Å². The summed E-state index contributed by atoms with van der Waals surface area (Å²) in [6.45, 7) is 0. The highest BCUT2D eigenvalue weighted by atomic mass is 35.5. The molecule has 19 heavy (non-hydrogen) atoms. The first-order valence-corrected chi connectivity index (χ1v) is 6.15. The predicted octanol–water partition coefficient (Wildman–Crippen LogP) is 3.03. The summed E-state index contributed by atoms with van der Waals surface area (Å²) in [5.41, 5.74) is 2.01. The third-order valence-electron chi connectivity index (χ3n) is 2.46. The number of aromatic nitrogens is 5. The molecule has 0 N–H and O–H groups in total. The van der Waals surface area contributed by atoms with Gasteiger partial charge >= 0.3 is 0 Å². The number of rotatable bonds is 2. The van der Waals surface area contributed by atoms with Crippen molar-refractivity contribution in [2.75, 3.05) is 0 Å². The van der Waals surface area contributed by atoms with Crippen LogP contribution in [-0.2, 0) is 0 Å². The minimum Gasteiger partial charge on any atom is -0.205 e. The molecule has 0 fully saturated rings. The van der Waals surface area contributed by atoms with E-state index in [1.54, 1.807) is 12.4 Å². The molecule has 5 nitrogen and oxygen atoms in total. The van der Waals surface area contributed by atoms with E-state index in [9.17, 15) is 0 Å². The Morgan fingerprint density at radius 2 is 1.53 bits per heavy atom. The van der Waals surface area contributed by atoms with E-state index in [0.29, 0.717) is 0 Å². The molecule has 0 saturated heterocycles. The largest absolute Gasteiger partial charge is 0.256 e. The molecule has 0 saturated carbocycles. The van der Waals surface area contributed by atoms with Gasteiger partial charge < -0.3 is 0 Å². The van der Waals surface area contributed by atoms with Crippen LogP contribution in [0.3, 0.4) is 0 Å². The molecule has 0 bridgehead atoms. The molecule has 0 unspecified atom stereocenters. The molecule has 2 aromatic heterocycles. The maximum Gasteiger partial charge on any atom is 0.256 e. The van der Waals surface area contributed by atoms with Gasteiger partial charge in [-0.2, -0.15) is 20.1 Å². The van der Waals surface area contributed by atoms with E-state index >= 15 is 0 Å². The summed E-state index contributed by atoms with van der Waals surface area (Å²) in [7, 11) is 0. The van der Waals surface area contributed by atoms with Gasteiger partial charge in [-0.05, 0) is 28.8 Å². The highest BCUT2D eigenvalue weighted by Gasteiger charge is 2.08. The second-order valence-corrected chi connectivity index (χ2v) is 4.39. The van der Waals surface area contributed by atoms with Crippen LogP contribution in [0.15, 0.2) is 42.7 Å². The van der Waals surface area contributed by atoms with Crippen molar-refractivity contribution in [3.63, 3.8) is 0 Å². The van der Waals surface area contributed by atoms with Gasteiger partial charge in [0.05, 0.1) is 6.20 Å². The summed E-state index contributed by atoms with van der Waals surface area (Å²) in [5.74, 6) is 0.284. The van der Waals surface area contributed by atoms with Crippen molar-refractivity contribution in [1.29, 1.82) is 0 Å². The Morgan fingerprint density at radius 3 is 2.21 bits per heavy atom. The van der Waals surface area contributed by atoms with Crippen LogP contribution in [0.2, 0.25) is 10.6 Å². The lowest BCUT2D eigenvalue weighted by Gasteiger charge is -1.99. The number of nitrogens with zero attached hydrogens (tertiary/aromatic N) is 5. The van der Waals surface area contributed by atoms with E-state index in [4.69, 9.17) is 23.2 Å². The van der Waals surface area contributed by atoms with Gasteiger partial charge in [0.1, 0.15) is 0 Å². The standard InChI is InChI=1S/C12H7Cl2N5/c13-10-16-11(14)18-12(17-10)19-7-9(6-15-19)8-4-2-1-3-5-8/h1-7H. The fourth-order valence-electron chi connectivity index (χ4n) is 1.63. The Morgan fingerprint density at radius 1 is 0.842 bits per heavy atom. The summed E-state index contributed by atoms with van der Waals surface area (Å²) in [6, 6.07) is 9.87. The lowest BCUT2D eigenvalue weighted by Crippen LogP contribution is -2.03. The molecule has 3 aromatic rings. The Bertz CT molecular complexity index is 691. The molecule has 0 atom stereocenters. The Labute approximate surface area is 118 Å². The first-order valence-electron chi connectivity index (χ1n) is 5.40. The number of halogens is 2. The van der Waals surface area contributed by atoms with Crippen LogP contribution in [0.4, 0.5) is 0 Å². The lowest BCUT2D eigenvalue weighted by atomic mass is 10.1. The molecule has 2 heterocycles. The van der Waals surface area contributed by atoms with Crippen LogP contribution in [0.5, 0.6) is 0 Å². The smallest absolute Gasteiger partial charge is 0.205 e. The van der Waals surface area contributed by atoms with E-state index in [2.05, 4.69) is 20.1 Å². The number of hydrogen-bond donors (Lipinski definition) is 0. The average Bonchev–Trinajstić information content (AvgIpc) is 2.88. The molecular formula is C12H7Cl2N5. The number of benzene rings is 1. The van der Waals surface area contributed by atoms with Crippen LogP contribution in [0, 0.1) is 0 Å². The first-order chi connectivity index (χ1) is 9.22. The highest BCUT2D eigenvalue weighted by molar-refractivity contribution is 6.31. The third kappa shape index (κ3) is 2.57. The van der Waals surface area contributed by atoms with Crippen molar-refractivity contribution in [3.8, 4) is 17.1 Å². The fourth-order valence-corrected chi connectivity index (χ4v) is 1.99. The maximum absolute atomic E-state index is 5.74. The molecule has 0 aliphatic rings. The van der Waals surface area contributed by atoms with Gasteiger partial charge in [0.15, 0.2) is 0 Å². The van der Waals surface area contributed by atoms with Gasteiger partial charge in [0.2, 0.25) is 10.6 Å². The SMILES string of the molecule is Clc1nc(Cl)nc(-n2cc(-c3ccccc3)cn2)n1. The normalized spacial score (nSPS) is 10.6. The first kappa shape index (κ1) is 12.1. The quantitative estimate of drug-likeness (QED) is 0.728. The van der Waals surface area contributed by atoms with Crippen molar-refractivity contribution in [2.24, 2.45) is 0 Å². The summed E-state index contributed by atoms with van der Waals surface area (Å²) >= 11 is 11.5. The van der Waals surface area contributed by atoms with E-state index in [1.165, 1.54) is 4.68 Å². The molecule has 0 amide bonds. The molecule has 94 valence electrons. The van der Waals surface area contributed by atoms with Crippen molar-refractivity contribution in [1.82, 2.24) is 24.7 Å². The average molecular weight is 292 g/mol. The molecular weight excluding hydrogens is 285 g/mol. The van der Waals surface area contributed by atoms with Crippen LogP contribution in [0.25, 0.3) is 17.1 Å². The van der Waals surface area contributed by atoms with E-state index in [1.807, 2.05) is 30.3 Å². The minimum atomic E-state index is 0.0340. The lowest BCUT2D eigenvalue weighted by molar-refractivity contribution is 0.795. The second-order valence-electron chi connectivity index (χ2n) is 3.71. The molecule has 0 aliphatic heterocycles. The van der Waals surface area contributed by atoms with Crippen molar-refractivity contribution in [3.05, 3.63) is 53.3 Å². The third-order valence-corrected chi connectivity index (χ3v) is 2.80. The second kappa shape index (κ2) is 4.95. The summed E-state index contributed by atoms with van der Waals surface area (Å²) in [5, 5.41) is 4.26. The van der Waals surface area contributed by atoms with Crippen LogP contribution >= 0.6 is 23.2 Å². The number of hydrogen-bond acceptors (Lipinski definition) is 4. The zero-order valence-corrected chi connectivity index (χ0v) is 11.0. The van der Waals surface area contributed by atoms with Gasteiger partial charge in [-0.3, -0.25) is 0 Å². The monoisotopic (exact) mass is 291 g/mol. The van der Waals surface area contributed by atoms with Crippen molar-refractivity contribution < 1.29 is 0 Å². The summed E-state index contributed by atoms with van der Waals surface area (Å²) < 4.78 is 1.50.